The Balaban J connectivity index is 2.20. The van der Waals surface area contributed by atoms with Crippen LogP contribution in [0.5, 0.6) is 0 Å². The van der Waals surface area contributed by atoms with Crippen LogP contribution >= 0.6 is 0 Å². The summed E-state index contributed by atoms with van der Waals surface area (Å²) in [5.41, 5.74) is -0.685. The number of carbonyl (C=O) groups excluding carboxylic acids is 3. The largest absolute Gasteiger partial charge is 0.458 e. The smallest absolute Gasteiger partial charge is 0.352 e. The fourth-order valence-electron chi connectivity index (χ4n) is 2.16. The molecule has 2 heterocycles. The lowest BCUT2D eigenvalue weighted by atomic mass is 10.1. The maximum absolute atomic E-state index is 12.0. The molecule has 0 aromatic heterocycles. The van der Waals surface area contributed by atoms with E-state index in [0.717, 1.165) is 4.90 Å². The molecule has 2 fully saturated rings. The molecular formula is C11H17N3O5. The monoisotopic (exact) mass is 271 g/mol. The van der Waals surface area contributed by atoms with Gasteiger partial charge in [0, 0.05) is 13.1 Å². The van der Waals surface area contributed by atoms with E-state index < -0.39 is 35.6 Å². The van der Waals surface area contributed by atoms with Crippen LogP contribution in [0.3, 0.4) is 0 Å². The normalized spacial score (nSPS) is 27.6. The molecule has 0 saturated carbocycles. The number of rotatable bonds is 1. The number of piperazine rings is 1. The Labute approximate surface area is 110 Å². The number of carbonyl (C=O) groups is 3. The van der Waals surface area contributed by atoms with E-state index in [1.807, 2.05) is 0 Å². The van der Waals surface area contributed by atoms with Gasteiger partial charge in [-0.3, -0.25) is 14.9 Å². The van der Waals surface area contributed by atoms with Gasteiger partial charge in [-0.15, -0.1) is 5.06 Å². The molecular weight excluding hydrogens is 254 g/mol. The van der Waals surface area contributed by atoms with Crippen molar-refractivity contribution in [3.05, 3.63) is 0 Å². The topological polar surface area (TPSA) is 99.2 Å². The minimum absolute atomic E-state index is 0.0506. The SMILES string of the molecule is CC(C)(C)OC(=O)C1CNCC2C(=O)N(O)C(=O)N12. The molecule has 2 unspecified atom stereocenters. The first-order valence-corrected chi connectivity index (χ1v) is 6.01. The average Bonchev–Trinajstić information content (AvgIpc) is 2.52. The molecule has 2 rings (SSSR count). The number of nitrogens with zero attached hydrogens (tertiary/aromatic N) is 2. The molecule has 19 heavy (non-hydrogen) atoms. The molecule has 0 radical (unpaired) electrons. The van der Waals surface area contributed by atoms with Crippen LogP contribution in [-0.2, 0) is 14.3 Å². The lowest BCUT2D eigenvalue weighted by molar-refractivity contribution is -0.161. The Morgan fingerprint density at radius 2 is 2.00 bits per heavy atom. The van der Waals surface area contributed by atoms with E-state index in [9.17, 15) is 19.6 Å². The minimum atomic E-state index is -0.911. The van der Waals surface area contributed by atoms with Crippen molar-refractivity contribution in [3.63, 3.8) is 0 Å². The van der Waals surface area contributed by atoms with Crippen molar-refractivity contribution in [3.8, 4) is 0 Å². The zero-order chi connectivity index (χ0) is 14.4. The van der Waals surface area contributed by atoms with Gasteiger partial charge < -0.3 is 10.1 Å². The van der Waals surface area contributed by atoms with Crippen LogP contribution < -0.4 is 5.32 Å². The number of fused-ring (bicyclic) bond motifs is 1. The molecule has 8 nitrogen and oxygen atoms in total. The molecule has 0 spiro atoms. The zero-order valence-corrected chi connectivity index (χ0v) is 11.0. The van der Waals surface area contributed by atoms with Gasteiger partial charge in [0.05, 0.1) is 0 Å². The van der Waals surface area contributed by atoms with Gasteiger partial charge in [-0.1, -0.05) is 0 Å². The Morgan fingerprint density at radius 3 is 2.58 bits per heavy atom. The van der Waals surface area contributed by atoms with Crippen LogP contribution in [0.2, 0.25) is 0 Å². The number of urea groups is 1. The highest BCUT2D eigenvalue weighted by molar-refractivity contribution is 6.04. The van der Waals surface area contributed by atoms with Gasteiger partial charge in [-0.2, -0.15) is 0 Å². The van der Waals surface area contributed by atoms with Gasteiger partial charge in [0.25, 0.3) is 5.91 Å². The number of amides is 3. The standard InChI is InChI=1S/C11H17N3O5/c1-11(2,3)19-9(16)7-5-12-4-6-8(15)14(18)10(17)13(6)7/h6-7,12,18H,4-5H2,1-3H3. The first kappa shape index (κ1) is 13.8. The number of hydrogen-bond acceptors (Lipinski definition) is 6. The van der Waals surface area contributed by atoms with E-state index in [2.05, 4.69) is 5.32 Å². The number of imide groups is 1. The van der Waals surface area contributed by atoms with Crippen molar-refractivity contribution in [1.29, 1.82) is 0 Å². The zero-order valence-electron chi connectivity index (χ0n) is 11.0. The summed E-state index contributed by atoms with van der Waals surface area (Å²) in [5.74, 6) is -1.33. The molecule has 0 aromatic rings. The van der Waals surface area contributed by atoms with E-state index in [1.165, 1.54) is 0 Å². The summed E-state index contributed by atoms with van der Waals surface area (Å²) in [6, 6.07) is -2.65. The molecule has 8 heteroatoms. The first-order chi connectivity index (χ1) is 8.72. The number of esters is 1. The summed E-state index contributed by atoms with van der Waals surface area (Å²) in [5, 5.41) is 12.3. The third-order valence-corrected chi connectivity index (χ3v) is 2.92. The van der Waals surface area contributed by atoms with Crippen LogP contribution in [0.25, 0.3) is 0 Å². The maximum Gasteiger partial charge on any atom is 0.352 e. The second kappa shape index (κ2) is 4.46. The summed E-state index contributed by atoms with van der Waals surface area (Å²) in [7, 11) is 0. The molecule has 2 N–H and O–H groups in total. The first-order valence-electron chi connectivity index (χ1n) is 6.01. The van der Waals surface area contributed by atoms with Crippen LogP contribution in [0.4, 0.5) is 4.79 Å². The summed E-state index contributed by atoms with van der Waals surface area (Å²) in [6.07, 6.45) is 0. The van der Waals surface area contributed by atoms with E-state index in [4.69, 9.17) is 4.74 Å². The van der Waals surface area contributed by atoms with Crippen molar-refractivity contribution < 1.29 is 24.3 Å². The molecule has 106 valence electrons. The number of hydroxylamine groups is 2. The van der Waals surface area contributed by atoms with Crippen molar-refractivity contribution in [1.82, 2.24) is 15.3 Å². The maximum atomic E-state index is 12.0. The second-order valence-electron chi connectivity index (χ2n) is 5.56. The Morgan fingerprint density at radius 1 is 1.37 bits per heavy atom. The third kappa shape index (κ3) is 2.41. The quantitative estimate of drug-likeness (QED) is 0.372. The third-order valence-electron chi connectivity index (χ3n) is 2.92. The highest BCUT2D eigenvalue weighted by Gasteiger charge is 2.52. The van der Waals surface area contributed by atoms with Gasteiger partial charge >= 0.3 is 12.0 Å². The van der Waals surface area contributed by atoms with E-state index >= 15 is 0 Å². The van der Waals surface area contributed by atoms with Crippen LogP contribution in [0.1, 0.15) is 20.8 Å². The molecule has 2 aliphatic heterocycles. The van der Waals surface area contributed by atoms with Gasteiger partial charge in [0.2, 0.25) is 0 Å². The van der Waals surface area contributed by atoms with Crippen LogP contribution in [-0.4, -0.2) is 63.9 Å². The van der Waals surface area contributed by atoms with Gasteiger partial charge in [-0.05, 0) is 20.8 Å². The molecule has 2 saturated heterocycles. The van der Waals surface area contributed by atoms with Gasteiger partial charge in [0.15, 0.2) is 0 Å². The lowest BCUT2D eigenvalue weighted by Gasteiger charge is -2.35. The lowest BCUT2D eigenvalue weighted by Crippen LogP contribution is -2.60. The van der Waals surface area contributed by atoms with Crippen LogP contribution in [0.15, 0.2) is 0 Å². The predicted octanol–water partition coefficient (Wildman–Crippen LogP) is -0.678. The Kier molecular flexibility index (Phi) is 3.23. The minimum Gasteiger partial charge on any atom is -0.458 e. The van der Waals surface area contributed by atoms with E-state index in [1.54, 1.807) is 20.8 Å². The fraction of sp³-hybridized carbons (Fsp3) is 0.727. The second-order valence-corrected chi connectivity index (χ2v) is 5.56. The fourth-order valence-corrected chi connectivity index (χ4v) is 2.16. The molecule has 0 aliphatic carbocycles. The van der Waals surface area contributed by atoms with E-state index in [-0.39, 0.29) is 18.2 Å². The highest BCUT2D eigenvalue weighted by Crippen LogP contribution is 2.23. The molecule has 0 bridgehead atoms. The predicted molar refractivity (Wildman–Crippen MR) is 62.2 cm³/mol. The molecule has 3 amide bonds. The van der Waals surface area contributed by atoms with Crippen molar-refractivity contribution >= 4 is 17.9 Å². The van der Waals surface area contributed by atoms with Crippen LogP contribution in [0, 0.1) is 0 Å². The highest BCUT2D eigenvalue weighted by atomic mass is 16.6. The number of hydrogen-bond donors (Lipinski definition) is 2. The average molecular weight is 271 g/mol. The molecule has 0 aromatic carbocycles. The Hall–Kier alpha value is -1.67. The Bertz CT molecular complexity index is 431. The van der Waals surface area contributed by atoms with Crippen molar-refractivity contribution in [2.24, 2.45) is 0 Å². The van der Waals surface area contributed by atoms with E-state index in [0.29, 0.717) is 0 Å². The summed E-state index contributed by atoms with van der Waals surface area (Å²) in [6.45, 7) is 5.55. The van der Waals surface area contributed by atoms with Crippen molar-refractivity contribution in [2.75, 3.05) is 13.1 Å². The number of ether oxygens (including phenoxy) is 1. The number of nitrogens with one attached hydrogen (secondary N) is 1. The summed E-state index contributed by atoms with van der Waals surface area (Å²) >= 11 is 0. The van der Waals surface area contributed by atoms with Crippen molar-refractivity contribution in [2.45, 2.75) is 38.5 Å². The molecule has 2 atom stereocenters. The van der Waals surface area contributed by atoms with Gasteiger partial charge in [-0.25, -0.2) is 9.59 Å². The summed E-state index contributed by atoms with van der Waals surface area (Å²) < 4.78 is 5.22. The molecule has 2 aliphatic rings. The van der Waals surface area contributed by atoms with Gasteiger partial charge in [0.1, 0.15) is 17.7 Å². The summed E-state index contributed by atoms with van der Waals surface area (Å²) in [4.78, 5) is 36.5.